The molecule has 1 atom stereocenters. The van der Waals surface area contributed by atoms with Gasteiger partial charge < -0.3 is 25.0 Å². The first-order valence-electron chi connectivity index (χ1n) is 11.4. The van der Waals surface area contributed by atoms with Gasteiger partial charge in [-0.2, -0.15) is 0 Å². The van der Waals surface area contributed by atoms with Crippen LogP contribution in [0.4, 0.5) is 5.69 Å². The first-order valence-corrected chi connectivity index (χ1v) is 11.7. The van der Waals surface area contributed by atoms with Gasteiger partial charge in [0.15, 0.2) is 5.75 Å². The number of β-amino-alcohol motifs (C(OH)–C–C–N with tert-alkyl or cyclic N) is 1. The number of H-pyrrole nitrogens is 1. The summed E-state index contributed by atoms with van der Waals surface area (Å²) in [6.07, 6.45) is 0.862. The number of nitrogens with zero attached hydrogens (tertiary/aromatic N) is 2. The number of benzene rings is 2. The summed E-state index contributed by atoms with van der Waals surface area (Å²) in [5.41, 5.74) is 3.62. The van der Waals surface area contributed by atoms with Gasteiger partial charge in [0.25, 0.3) is 5.91 Å². The highest BCUT2D eigenvalue weighted by atomic mass is 35.5. The standard InChI is InChI=1S/C25H31ClN4O3/c1-3-17-12-20(26)24(33-2)23(13-17)30-11-10-29(16-30)15-19(31)8-9-27-25(32)22-14-18-6-4-5-7-21(18)28-22/h4-7,12-14,19,28,31H,3,8-11,15-16H2,1-2H3,(H,27,32). The summed E-state index contributed by atoms with van der Waals surface area (Å²) in [5, 5.41) is 15.0. The molecule has 33 heavy (non-hydrogen) atoms. The quantitative estimate of drug-likeness (QED) is 0.444. The zero-order chi connectivity index (χ0) is 23.4. The zero-order valence-corrected chi connectivity index (χ0v) is 19.9. The van der Waals surface area contributed by atoms with Gasteiger partial charge in [0.05, 0.1) is 30.6 Å². The lowest BCUT2D eigenvalue weighted by atomic mass is 10.1. The summed E-state index contributed by atoms with van der Waals surface area (Å²) in [6, 6.07) is 13.7. The number of hydrogen-bond donors (Lipinski definition) is 3. The zero-order valence-electron chi connectivity index (χ0n) is 19.1. The molecule has 1 aliphatic heterocycles. The Morgan fingerprint density at radius 3 is 2.85 bits per heavy atom. The van der Waals surface area contributed by atoms with Crippen molar-refractivity contribution in [3.63, 3.8) is 0 Å². The Morgan fingerprint density at radius 2 is 2.09 bits per heavy atom. The lowest BCUT2D eigenvalue weighted by Crippen LogP contribution is -2.35. The number of anilines is 1. The van der Waals surface area contributed by atoms with Crippen molar-refractivity contribution < 1.29 is 14.6 Å². The molecule has 1 amide bonds. The number of para-hydroxylation sites is 1. The Bertz CT molecular complexity index is 1080. The van der Waals surface area contributed by atoms with Crippen molar-refractivity contribution in [1.82, 2.24) is 15.2 Å². The fraction of sp³-hybridized carbons (Fsp3) is 0.400. The number of carbonyl (C=O) groups is 1. The fourth-order valence-corrected chi connectivity index (χ4v) is 4.61. The topological polar surface area (TPSA) is 80.8 Å². The van der Waals surface area contributed by atoms with Gasteiger partial charge in [0, 0.05) is 37.1 Å². The summed E-state index contributed by atoms with van der Waals surface area (Å²) in [4.78, 5) is 20.0. The monoisotopic (exact) mass is 470 g/mol. The molecule has 0 aliphatic carbocycles. The maximum absolute atomic E-state index is 12.4. The van der Waals surface area contributed by atoms with Gasteiger partial charge in [-0.1, -0.05) is 36.7 Å². The Hall–Kier alpha value is -2.74. The average Bonchev–Trinajstić information content (AvgIpc) is 3.45. The third-order valence-electron chi connectivity index (χ3n) is 6.10. The minimum Gasteiger partial charge on any atom is -0.493 e. The molecule has 176 valence electrons. The van der Waals surface area contributed by atoms with Gasteiger partial charge >= 0.3 is 0 Å². The van der Waals surface area contributed by atoms with Crippen LogP contribution in [0.25, 0.3) is 10.9 Å². The van der Waals surface area contributed by atoms with E-state index >= 15 is 0 Å². The van der Waals surface area contributed by atoms with E-state index in [1.807, 2.05) is 36.4 Å². The molecule has 0 saturated carbocycles. The molecule has 2 aromatic carbocycles. The number of carbonyl (C=O) groups excluding carboxylic acids is 1. The summed E-state index contributed by atoms with van der Waals surface area (Å²) in [7, 11) is 1.64. The number of hydrogen-bond acceptors (Lipinski definition) is 5. The van der Waals surface area contributed by atoms with Gasteiger partial charge in [0.2, 0.25) is 0 Å². The molecule has 0 bridgehead atoms. The predicted molar refractivity (Wildman–Crippen MR) is 132 cm³/mol. The van der Waals surface area contributed by atoms with Gasteiger partial charge in [-0.15, -0.1) is 0 Å². The van der Waals surface area contributed by atoms with E-state index < -0.39 is 6.10 Å². The van der Waals surface area contributed by atoms with Crippen LogP contribution >= 0.6 is 11.6 Å². The van der Waals surface area contributed by atoms with Crippen molar-refractivity contribution in [2.45, 2.75) is 25.9 Å². The van der Waals surface area contributed by atoms with Crippen LogP contribution in [0.1, 0.15) is 29.4 Å². The van der Waals surface area contributed by atoms with Crippen LogP contribution in [0.2, 0.25) is 5.02 Å². The van der Waals surface area contributed by atoms with Gasteiger partial charge in [0.1, 0.15) is 5.69 Å². The largest absolute Gasteiger partial charge is 0.493 e. The number of methoxy groups -OCH3 is 1. The number of amides is 1. The first kappa shape index (κ1) is 23.4. The van der Waals surface area contributed by atoms with Crippen molar-refractivity contribution in [2.24, 2.45) is 0 Å². The van der Waals surface area contributed by atoms with Crippen LogP contribution in [0, 0.1) is 0 Å². The molecule has 0 radical (unpaired) electrons. The molecular weight excluding hydrogens is 440 g/mol. The Kier molecular flexibility index (Phi) is 7.42. The van der Waals surface area contributed by atoms with E-state index in [9.17, 15) is 9.90 Å². The van der Waals surface area contributed by atoms with Gasteiger partial charge in [-0.05, 0) is 42.7 Å². The molecule has 0 spiro atoms. The number of nitrogens with one attached hydrogen (secondary N) is 2. The number of halogens is 1. The minimum absolute atomic E-state index is 0.162. The lowest BCUT2D eigenvalue weighted by Gasteiger charge is -2.24. The van der Waals surface area contributed by atoms with Crippen LogP contribution in [0.5, 0.6) is 5.75 Å². The molecule has 1 aromatic heterocycles. The van der Waals surface area contributed by atoms with E-state index in [2.05, 4.69) is 33.1 Å². The number of aryl methyl sites for hydroxylation is 1. The van der Waals surface area contributed by atoms with Crippen LogP contribution in [-0.4, -0.2) is 67.0 Å². The maximum Gasteiger partial charge on any atom is 0.267 e. The van der Waals surface area contributed by atoms with E-state index in [0.717, 1.165) is 36.1 Å². The second-order valence-electron chi connectivity index (χ2n) is 8.43. The van der Waals surface area contributed by atoms with Crippen LogP contribution < -0.4 is 15.0 Å². The third-order valence-corrected chi connectivity index (χ3v) is 6.38. The summed E-state index contributed by atoms with van der Waals surface area (Å²) >= 11 is 6.42. The van der Waals surface area contributed by atoms with Crippen LogP contribution in [-0.2, 0) is 6.42 Å². The van der Waals surface area contributed by atoms with Crippen molar-refractivity contribution in [3.8, 4) is 5.75 Å². The van der Waals surface area contributed by atoms with Crippen molar-refractivity contribution in [3.05, 3.63) is 58.7 Å². The Labute approximate surface area is 199 Å². The van der Waals surface area contributed by atoms with E-state index in [-0.39, 0.29) is 5.91 Å². The maximum atomic E-state index is 12.4. The van der Waals surface area contributed by atoms with E-state index in [1.165, 1.54) is 5.56 Å². The Morgan fingerprint density at radius 1 is 1.27 bits per heavy atom. The number of fused-ring (bicyclic) bond motifs is 1. The predicted octanol–water partition coefficient (Wildman–Crippen LogP) is 3.65. The molecule has 7 nitrogen and oxygen atoms in total. The van der Waals surface area contributed by atoms with Crippen LogP contribution in [0.15, 0.2) is 42.5 Å². The second-order valence-corrected chi connectivity index (χ2v) is 8.84. The average molecular weight is 471 g/mol. The molecule has 2 heterocycles. The third kappa shape index (κ3) is 5.43. The smallest absolute Gasteiger partial charge is 0.267 e. The molecule has 3 aromatic rings. The first-order chi connectivity index (χ1) is 16.0. The normalized spacial score (nSPS) is 15.2. The molecule has 8 heteroatoms. The lowest BCUT2D eigenvalue weighted by molar-refractivity contribution is 0.0922. The number of rotatable bonds is 9. The number of aromatic nitrogens is 1. The number of aromatic amines is 1. The highest BCUT2D eigenvalue weighted by Crippen LogP contribution is 2.38. The molecular formula is C25H31ClN4O3. The highest BCUT2D eigenvalue weighted by Gasteiger charge is 2.25. The molecule has 4 rings (SSSR count). The van der Waals surface area contributed by atoms with E-state index in [4.69, 9.17) is 16.3 Å². The Balaban J connectivity index is 1.26. The SMILES string of the molecule is CCc1cc(Cl)c(OC)c(N2CCN(CC(O)CCNC(=O)c3cc4ccccc4[nH]3)C2)c1. The number of aliphatic hydroxyl groups excluding tert-OH is 1. The van der Waals surface area contributed by atoms with E-state index in [1.54, 1.807) is 7.11 Å². The van der Waals surface area contributed by atoms with Gasteiger partial charge in [-0.25, -0.2) is 0 Å². The summed E-state index contributed by atoms with van der Waals surface area (Å²) < 4.78 is 5.55. The summed E-state index contributed by atoms with van der Waals surface area (Å²) in [5.74, 6) is 0.529. The van der Waals surface area contributed by atoms with Crippen molar-refractivity contribution in [2.75, 3.05) is 44.9 Å². The van der Waals surface area contributed by atoms with Gasteiger partial charge in [-0.3, -0.25) is 9.69 Å². The van der Waals surface area contributed by atoms with Crippen molar-refractivity contribution >= 4 is 34.1 Å². The van der Waals surface area contributed by atoms with E-state index in [0.29, 0.717) is 42.6 Å². The molecule has 1 fully saturated rings. The molecule has 3 N–H and O–H groups in total. The fourth-order valence-electron chi connectivity index (χ4n) is 4.30. The highest BCUT2D eigenvalue weighted by molar-refractivity contribution is 6.32. The van der Waals surface area contributed by atoms with Crippen LogP contribution in [0.3, 0.4) is 0 Å². The number of ether oxygens (including phenoxy) is 1. The van der Waals surface area contributed by atoms with Crippen molar-refractivity contribution in [1.29, 1.82) is 0 Å². The minimum atomic E-state index is -0.527. The summed E-state index contributed by atoms with van der Waals surface area (Å²) in [6.45, 7) is 5.43. The molecule has 1 saturated heterocycles. The molecule has 1 aliphatic rings. The number of aliphatic hydroxyl groups is 1. The molecule has 1 unspecified atom stereocenters. The second kappa shape index (κ2) is 10.5.